The average molecular weight is 346 g/mol. The SMILES string of the molecule is CCOc1ccc(C(c2cccc3ccccc23)N2CCNCC2)cc1. The highest BCUT2D eigenvalue weighted by Gasteiger charge is 2.25. The van der Waals surface area contributed by atoms with E-state index in [1.807, 2.05) is 6.92 Å². The molecule has 3 nitrogen and oxygen atoms in total. The largest absolute Gasteiger partial charge is 0.494 e. The number of rotatable bonds is 5. The third-order valence-electron chi connectivity index (χ3n) is 5.14. The minimum Gasteiger partial charge on any atom is -0.494 e. The predicted molar refractivity (Wildman–Crippen MR) is 108 cm³/mol. The molecule has 0 radical (unpaired) electrons. The van der Waals surface area contributed by atoms with E-state index in [9.17, 15) is 0 Å². The Kier molecular flexibility index (Phi) is 5.19. The van der Waals surface area contributed by atoms with Gasteiger partial charge in [0.2, 0.25) is 0 Å². The zero-order valence-electron chi connectivity index (χ0n) is 15.3. The number of ether oxygens (including phenoxy) is 1. The van der Waals surface area contributed by atoms with Gasteiger partial charge in [-0.3, -0.25) is 4.90 Å². The Morgan fingerprint density at radius 2 is 1.65 bits per heavy atom. The number of hydrogen-bond donors (Lipinski definition) is 1. The molecule has 134 valence electrons. The highest BCUT2D eigenvalue weighted by molar-refractivity contribution is 5.86. The van der Waals surface area contributed by atoms with Crippen molar-refractivity contribution in [2.45, 2.75) is 13.0 Å². The smallest absolute Gasteiger partial charge is 0.119 e. The molecule has 0 saturated carbocycles. The lowest BCUT2D eigenvalue weighted by Gasteiger charge is -2.36. The van der Waals surface area contributed by atoms with Gasteiger partial charge in [0.05, 0.1) is 12.6 Å². The second kappa shape index (κ2) is 7.90. The maximum atomic E-state index is 5.64. The monoisotopic (exact) mass is 346 g/mol. The molecule has 0 aromatic heterocycles. The Labute approximate surface area is 155 Å². The van der Waals surface area contributed by atoms with Crippen LogP contribution in [-0.2, 0) is 0 Å². The minimum atomic E-state index is 0.263. The zero-order valence-corrected chi connectivity index (χ0v) is 15.3. The molecule has 1 atom stereocenters. The van der Waals surface area contributed by atoms with Gasteiger partial charge in [-0.05, 0) is 41.0 Å². The van der Waals surface area contributed by atoms with Gasteiger partial charge in [-0.15, -0.1) is 0 Å². The molecular weight excluding hydrogens is 320 g/mol. The lowest BCUT2D eigenvalue weighted by Crippen LogP contribution is -2.45. The summed E-state index contributed by atoms with van der Waals surface area (Å²) in [5.74, 6) is 0.938. The minimum absolute atomic E-state index is 0.263. The second-order valence-corrected chi connectivity index (χ2v) is 6.76. The first-order valence-electron chi connectivity index (χ1n) is 9.52. The van der Waals surface area contributed by atoms with Crippen LogP contribution in [-0.4, -0.2) is 37.7 Å². The number of piperazine rings is 1. The van der Waals surface area contributed by atoms with E-state index in [2.05, 4.69) is 76.9 Å². The van der Waals surface area contributed by atoms with Gasteiger partial charge < -0.3 is 10.1 Å². The number of fused-ring (bicyclic) bond motifs is 1. The van der Waals surface area contributed by atoms with Crippen LogP contribution in [0.4, 0.5) is 0 Å². The third-order valence-corrected chi connectivity index (χ3v) is 5.14. The topological polar surface area (TPSA) is 24.5 Å². The van der Waals surface area contributed by atoms with E-state index in [1.54, 1.807) is 0 Å². The van der Waals surface area contributed by atoms with Crippen molar-refractivity contribution in [1.29, 1.82) is 0 Å². The van der Waals surface area contributed by atoms with Gasteiger partial charge in [0.1, 0.15) is 5.75 Å². The summed E-state index contributed by atoms with van der Waals surface area (Å²) in [5.41, 5.74) is 2.71. The fraction of sp³-hybridized carbons (Fsp3) is 0.304. The molecule has 1 saturated heterocycles. The summed E-state index contributed by atoms with van der Waals surface area (Å²) in [4.78, 5) is 2.59. The summed E-state index contributed by atoms with van der Waals surface area (Å²) in [6.07, 6.45) is 0. The van der Waals surface area contributed by atoms with E-state index in [-0.39, 0.29) is 6.04 Å². The van der Waals surface area contributed by atoms with Crippen molar-refractivity contribution in [3.8, 4) is 5.75 Å². The molecule has 3 aromatic rings. The molecule has 1 aliphatic heterocycles. The maximum absolute atomic E-state index is 5.64. The molecule has 26 heavy (non-hydrogen) atoms. The Hall–Kier alpha value is -2.36. The molecule has 3 heteroatoms. The molecule has 0 aliphatic carbocycles. The molecule has 3 aromatic carbocycles. The van der Waals surface area contributed by atoms with Gasteiger partial charge in [-0.1, -0.05) is 54.6 Å². The molecule has 1 fully saturated rings. The van der Waals surface area contributed by atoms with Crippen LogP contribution in [0.3, 0.4) is 0 Å². The predicted octanol–water partition coefficient (Wildman–Crippen LogP) is 4.23. The van der Waals surface area contributed by atoms with Crippen LogP contribution in [0.2, 0.25) is 0 Å². The Balaban J connectivity index is 1.79. The first kappa shape index (κ1) is 17.1. The molecule has 1 unspecified atom stereocenters. The van der Waals surface area contributed by atoms with Crippen molar-refractivity contribution < 1.29 is 4.74 Å². The zero-order chi connectivity index (χ0) is 17.8. The second-order valence-electron chi connectivity index (χ2n) is 6.76. The summed E-state index contributed by atoms with van der Waals surface area (Å²) in [6, 6.07) is 24.3. The normalized spacial score (nSPS) is 16.5. The lowest BCUT2D eigenvalue weighted by molar-refractivity contribution is 0.199. The van der Waals surface area contributed by atoms with E-state index in [4.69, 9.17) is 4.74 Å². The van der Waals surface area contributed by atoms with E-state index in [0.717, 1.165) is 31.9 Å². The van der Waals surface area contributed by atoms with E-state index < -0.39 is 0 Å². The summed E-state index contributed by atoms with van der Waals surface area (Å²) in [7, 11) is 0. The van der Waals surface area contributed by atoms with Gasteiger partial charge in [0.25, 0.3) is 0 Å². The standard InChI is InChI=1S/C23H26N2O/c1-2-26-20-12-10-19(11-13-20)23(25-16-14-24-15-17-25)22-9-5-7-18-6-3-4-8-21(18)22/h3-13,23-24H,2,14-17H2,1H3. The third kappa shape index (κ3) is 3.46. The van der Waals surface area contributed by atoms with Gasteiger partial charge >= 0.3 is 0 Å². The number of hydrogen-bond acceptors (Lipinski definition) is 3. The van der Waals surface area contributed by atoms with Gasteiger partial charge in [-0.25, -0.2) is 0 Å². The molecule has 0 bridgehead atoms. The Bertz CT molecular complexity index is 848. The van der Waals surface area contributed by atoms with E-state index in [0.29, 0.717) is 6.61 Å². The van der Waals surface area contributed by atoms with E-state index in [1.165, 1.54) is 21.9 Å². The molecule has 1 N–H and O–H groups in total. The van der Waals surface area contributed by atoms with Crippen molar-refractivity contribution in [2.75, 3.05) is 32.8 Å². The van der Waals surface area contributed by atoms with Crippen molar-refractivity contribution in [3.63, 3.8) is 0 Å². The fourth-order valence-electron chi connectivity index (χ4n) is 3.93. The number of benzene rings is 3. The highest BCUT2D eigenvalue weighted by Crippen LogP contribution is 2.34. The molecule has 0 amide bonds. The number of nitrogens with zero attached hydrogens (tertiary/aromatic N) is 1. The van der Waals surface area contributed by atoms with Crippen LogP contribution < -0.4 is 10.1 Å². The fourth-order valence-corrected chi connectivity index (χ4v) is 3.93. The molecule has 0 spiro atoms. The molecule has 4 rings (SSSR count). The Morgan fingerprint density at radius 3 is 2.42 bits per heavy atom. The summed E-state index contributed by atoms with van der Waals surface area (Å²) >= 11 is 0. The van der Waals surface area contributed by atoms with Crippen molar-refractivity contribution in [1.82, 2.24) is 10.2 Å². The van der Waals surface area contributed by atoms with Gasteiger partial charge in [0.15, 0.2) is 0 Å². The number of nitrogens with one attached hydrogen (secondary N) is 1. The maximum Gasteiger partial charge on any atom is 0.119 e. The quantitative estimate of drug-likeness (QED) is 0.748. The van der Waals surface area contributed by atoms with Crippen LogP contribution in [0.5, 0.6) is 5.75 Å². The molecule has 1 aliphatic rings. The average Bonchev–Trinajstić information content (AvgIpc) is 2.71. The summed E-state index contributed by atoms with van der Waals surface area (Å²) in [5, 5.41) is 6.12. The highest BCUT2D eigenvalue weighted by atomic mass is 16.5. The van der Waals surface area contributed by atoms with Crippen LogP contribution in [0.1, 0.15) is 24.1 Å². The first-order chi connectivity index (χ1) is 12.9. The van der Waals surface area contributed by atoms with Gasteiger partial charge in [0, 0.05) is 26.2 Å². The lowest BCUT2D eigenvalue weighted by atomic mass is 9.92. The first-order valence-corrected chi connectivity index (χ1v) is 9.52. The van der Waals surface area contributed by atoms with Crippen LogP contribution in [0, 0.1) is 0 Å². The van der Waals surface area contributed by atoms with Crippen molar-refractivity contribution in [3.05, 3.63) is 77.9 Å². The van der Waals surface area contributed by atoms with Crippen LogP contribution >= 0.6 is 0 Å². The Morgan fingerprint density at radius 1 is 0.923 bits per heavy atom. The molecular formula is C23H26N2O. The van der Waals surface area contributed by atoms with Crippen molar-refractivity contribution in [2.24, 2.45) is 0 Å². The van der Waals surface area contributed by atoms with Crippen LogP contribution in [0.25, 0.3) is 10.8 Å². The van der Waals surface area contributed by atoms with Gasteiger partial charge in [-0.2, -0.15) is 0 Å². The van der Waals surface area contributed by atoms with E-state index >= 15 is 0 Å². The molecule has 1 heterocycles. The van der Waals surface area contributed by atoms with Crippen molar-refractivity contribution >= 4 is 10.8 Å². The van der Waals surface area contributed by atoms with Crippen LogP contribution in [0.15, 0.2) is 66.7 Å². The summed E-state index contributed by atoms with van der Waals surface area (Å²) in [6.45, 7) is 6.91. The summed E-state index contributed by atoms with van der Waals surface area (Å²) < 4.78 is 5.64.